The number of nitrogens with two attached hydrogens (primary N) is 1. The Labute approximate surface area is 93.8 Å². The molecule has 1 aromatic rings. The molecule has 0 aliphatic heterocycles. The molecular formula is C12H16BrN. The van der Waals surface area contributed by atoms with Gasteiger partial charge in [0, 0.05) is 10.5 Å². The molecule has 1 aliphatic carbocycles. The van der Waals surface area contributed by atoms with Gasteiger partial charge in [0.1, 0.15) is 0 Å². The zero-order chi connectivity index (χ0) is 9.97. The van der Waals surface area contributed by atoms with Gasteiger partial charge in [0.2, 0.25) is 0 Å². The van der Waals surface area contributed by atoms with E-state index in [9.17, 15) is 0 Å². The van der Waals surface area contributed by atoms with Gasteiger partial charge in [-0.3, -0.25) is 0 Å². The standard InChI is InChI=1S/C12H16BrN/c13-11-5-1-3-9(7-11)10-4-2-6-12(14)8-10/h1,3,5,7,10,12H,2,4,6,8,14H2/t10-,12+/m0/s1. The van der Waals surface area contributed by atoms with E-state index >= 15 is 0 Å². The highest BCUT2D eigenvalue weighted by Crippen LogP contribution is 2.32. The lowest BCUT2D eigenvalue weighted by Gasteiger charge is -2.26. The van der Waals surface area contributed by atoms with Gasteiger partial charge in [-0.1, -0.05) is 34.5 Å². The number of benzene rings is 1. The summed E-state index contributed by atoms with van der Waals surface area (Å²) in [5, 5.41) is 0. The molecule has 1 fully saturated rings. The summed E-state index contributed by atoms with van der Waals surface area (Å²) in [6.07, 6.45) is 4.92. The smallest absolute Gasteiger partial charge is 0.0178 e. The van der Waals surface area contributed by atoms with Crippen molar-refractivity contribution in [3.05, 3.63) is 34.3 Å². The highest BCUT2D eigenvalue weighted by atomic mass is 79.9. The van der Waals surface area contributed by atoms with E-state index in [2.05, 4.69) is 40.2 Å². The van der Waals surface area contributed by atoms with Crippen LogP contribution in [0.5, 0.6) is 0 Å². The molecule has 0 unspecified atom stereocenters. The summed E-state index contributed by atoms with van der Waals surface area (Å²) in [4.78, 5) is 0. The predicted molar refractivity (Wildman–Crippen MR) is 63.3 cm³/mol. The molecule has 2 atom stereocenters. The van der Waals surface area contributed by atoms with Gasteiger partial charge in [-0.2, -0.15) is 0 Å². The molecule has 14 heavy (non-hydrogen) atoms. The third-order valence-corrected chi connectivity index (χ3v) is 3.53. The van der Waals surface area contributed by atoms with Crippen molar-refractivity contribution in [3.63, 3.8) is 0 Å². The lowest BCUT2D eigenvalue weighted by atomic mass is 9.82. The first-order valence-electron chi connectivity index (χ1n) is 5.27. The van der Waals surface area contributed by atoms with Crippen molar-refractivity contribution in [2.45, 2.75) is 37.6 Å². The normalized spacial score (nSPS) is 27.6. The molecule has 1 saturated carbocycles. The molecule has 1 nitrogen and oxygen atoms in total. The number of halogens is 1. The fraction of sp³-hybridized carbons (Fsp3) is 0.500. The summed E-state index contributed by atoms with van der Waals surface area (Å²) in [5.41, 5.74) is 7.43. The first-order valence-corrected chi connectivity index (χ1v) is 6.06. The second kappa shape index (κ2) is 4.45. The molecule has 0 spiro atoms. The third-order valence-electron chi connectivity index (χ3n) is 3.03. The number of hydrogen-bond acceptors (Lipinski definition) is 1. The fourth-order valence-electron chi connectivity index (χ4n) is 2.29. The van der Waals surface area contributed by atoms with E-state index in [1.54, 1.807) is 0 Å². The Morgan fingerprint density at radius 3 is 2.86 bits per heavy atom. The monoisotopic (exact) mass is 253 g/mol. The Bertz CT molecular complexity index is 311. The van der Waals surface area contributed by atoms with Crippen LogP contribution in [0, 0.1) is 0 Å². The molecular weight excluding hydrogens is 238 g/mol. The van der Waals surface area contributed by atoms with Crippen molar-refractivity contribution in [2.24, 2.45) is 5.73 Å². The van der Waals surface area contributed by atoms with Crippen molar-refractivity contribution in [1.82, 2.24) is 0 Å². The van der Waals surface area contributed by atoms with Gasteiger partial charge < -0.3 is 5.73 Å². The Hall–Kier alpha value is -0.340. The van der Waals surface area contributed by atoms with Crippen molar-refractivity contribution in [3.8, 4) is 0 Å². The van der Waals surface area contributed by atoms with Crippen molar-refractivity contribution in [1.29, 1.82) is 0 Å². The molecule has 0 heterocycles. The average molecular weight is 254 g/mol. The maximum Gasteiger partial charge on any atom is 0.0178 e. The van der Waals surface area contributed by atoms with Crippen LogP contribution in [0.2, 0.25) is 0 Å². The lowest BCUT2D eigenvalue weighted by molar-refractivity contribution is 0.393. The van der Waals surface area contributed by atoms with E-state index in [1.807, 2.05) is 0 Å². The summed E-state index contributed by atoms with van der Waals surface area (Å²) >= 11 is 3.51. The molecule has 0 aromatic heterocycles. The molecule has 1 aliphatic rings. The van der Waals surface area contributed by atoms with E-state index in [4.69, 9.17) is 5.73 Å². The first-order chi connectivity index (χ1) is 6.75. The van der Waals surface area contributed by atoms with E-state index in [1.165, 1.54) is 29.3 Å². The molecule has 0 amide bonds. The van der Waals surface area contributed by atoms with Gasteiger partial charge in [0.05, 0.1) is 0 Å². The maximum absolute atomic E-state index is 5.99. The molecule has 2 rings (SSSR count). The molecule has 2 heteroatoms. The van der Waals surface area contributed by atoms with Gasteiger partial charge in [-0.15, -0.1) is 0 Å². The fourth-order valence-corrected chi connectivity index (χ4v) is 2.71. The van der Waals surface area contributed by atoms with Gasteiger partial charge in [-0.05, 0) is 42.9 Å². The molecule has 76 valence electrons. The molecule has 2 N–H and O–H groups in total. The van der Waals surface area contributed by atoms with Crippen molar-refractivity contribution < 1.29 is 0 Å². The average Bonchev–Trinajstić information content (AvgIpc) is 2.18. The van der Waals surface area contributed by atoms with Crippen LogP contribution in [0.25, 0.3) is 0 Å². The Morgan fingerprint density at radius 2 is 2.14 bits per heavy atom. The zero-order valence-electron chi connectivity index (χ0n) is 8.25. The SMILES string of the molecule is N[C@@H]1CCC[C@H](c2cccc(Br)c2)C1. The van der Waals surface area contributed by atoms with Crippen LogP contribution < -0.4 is 5.73 Å². The minimum atomic E-state index is 0.410. The van der Waals surface area contributed by atoms with Crippen LogP contribution >= 0.6 is 15.9 Å². The quantitative estimate of drug-likeness (QED) is 0.816. The largest absolute Gasteiger partial charge is 0.328 e. The lowest BCUT2D eigenvalue weighted by Crippen LogP contribution is -2.26. The highest BCUT2D eigenvalue weighted by Gasteiger charge is 2.20. The predicted octanol–water partition coefficient (Wildman–Crippen LogP) is 3.43. The van der Waals surface area contributed by atoms with E-state index in [0.29, 0.717) is 12.0 Å². The van der Waals surface area contributed by atoms with Crippen LogP contribution in [0.1, 0.15) is 37.2 Å². The minimum Gasteiger partial charge on any atom is -0.328 e. The zero-order valence-corrected chi connectivity index (χ0v) is 9.83. The molecule has 0 radical (unpaired) electrons. The number of hydrogen-bond donors (Lipinski definition) is 1. The Kier molecular flexibility index (Phi) is 3.24. The van der Waals surface area contributed by atoms with Gasteiger partial charge in [0.25, 0.3) is 0 Å². The second-order valence-corrected chi connectivity index (χ2v) is 5.09. The molecule has 0 bridgehead atoms. The van der Waals surface area contributed by atoms with Gasteiger partial charge >= 0.3 is 0 Å². The summed E-state index contributed by atoms with van der Waals surface area (Å²) < 4.78 is 1.18. The van der Waals surface area contributed by atoms with Gasteiger partial charge in [0.15, 0.2) is 0 Å². The molecule has 1 aromatic carbocycles. The van der Waals surface area contributed by atoms with Crippen molar-refractivity contribution >= 4 is 15.9 Å². The van der Waals surface area contributed by atoms with Crippen LogP contribution in [0.15, 0.2) is 28.7 Å². The summed E-state index contributed by atoms with van der Waals surface area (Å²) in [6, 6.07) is 9.04. The third kappa shape index (κ3) is 2.37. The topological polar surface area (TPSA) is 26.0 Å². The Morgan fingerprint density at radius 1 is 1.29 bits per heavy atom. The van der Waals surface area contributed by atoms with E-state index < -0.39 is 0 Å². The van der Waals surface area contributed by atoms with Crippen LogP contribution in [-0.2, 0) is 0 Å². The second-order valence-electron chi connectivity index (χ2n) is 4.18. The van der Waals surface area contributed by atoms with Crippen LogP contribution in [0.4, 0.5) is 0 Å². The van der Waals surface area contributed by atoms with Crippen LogP contribution in [-0.4, -0.2) is 6.04 Å². The summed E-state index contributed by atoms with van der Waals surface area (Å²) in [6.45, 7) is 0. The summed E-state index contributed by atoms with van der Waals surface area (Å²) in [7, 11) is 0. The summed E-state index contributed by atoms with van der Waals surface area (Å²) in [5.74, 6) is 0.677. The van der Waals surface area contributed by atoms with Gasteiger partial charge in [-0.25, -0.2) is 0 Å². The molecule has 0 saturated heterocycles. The van der Waals surface area contributed by atoms with Crippen LogP contribution in [0.3, 0.4) is 0 Å². The Balaban J connectivity index is 2.14. The van der Waals surface area contributed by atoms with E-state index in [-0.39, 0.29) is 0 Å². The first kappa shape index (κ1) is 10.2. The van der Waals surface area contributed by atoms with E-state index in [0.717, 1.165) is 6.42 Å². The maximum atomic E-state index is 5.99. The minimum absolute atomic E-state index is 0.410. The highest BCUT2D eigenvalue weighted by molar-refractivity contribution is 9.10. The number of rotatable bonds is 1. The van der Waals surface area contributed by atoms with Crippen molar-refractivity contribution in [2.75, 3.05) is 0 Å².